The smallest absolute Gasteiger partial charge is 0.331 e. The number of rotatable bonds is 45. The molecule has 4 unspecified atom stereocenters. The number of allylic oxidation sites excluding steroid dienone is 3. The number of unbranched alkanes of at least 4 members (excludes halogenated alkanes) is 30. The van der Waals surface area contributed by atoms with Gasteiger partial charge in [0.05, 0.1) is 19.8 Å². The van der Waals surface area contributed by atoms with Crippen LogP contribution in [0.1, 0.15) is 226 Å². The summed E-state index contributed by atoms with van der Waals surface area (Å²) in [5.41, 5.74) is 0. The number of aliphatic hydroxyl groups is 7. The van der Waals surface area contributed by atoms with Gasteiger partial charge in [-0.15, -0.1) is 0 Å². The van der Waals surface area contributed by atoms with E-state index < -0.39 is 99.3 Å². The van der Waals surface area contributed by atoms with Gasteiger partial charge in [0.1, 0.15) is 55.4 Å². The van der Waals surface area contributed by atoms with E-state index in [2.05, 4.69) is 13.8 Å². The van der Waals surface area contributed by atoms with Crippen molar-refractivity contribution in [3.05, 3.63) is 24.3 Å². The third kappa shape index (κ3) is 30.8. The summed E-state index contributed by atoms with van der Waals surface area (Å²) >= 11 is 0. The molecule has 0 aromatic rings. The number of esters is 2. The highest BCUT2D eigenvalue weighted by Gasteiger charge is 2.47. The molecule has 71 heavy (non-hydrogen) atoms. The fourth-order valence-corrected chi connectivity index (χ4v) is 9.13. The molecule has 2 aliphatic heterocycles. The molecule has 11 atom stereocenters. The number of carbonyl (C=O) groups is 2. The van der Waals surface area contributed by atoms with Crippen molar-refractivity contribution in [2.45, 2.75) is 293 Å². The van der Waals surface area contributed by atoms with Crippen molar-refractivity contribution in [1.82, 2.24) is 0 Å². The first-order chi connectivity index (χ1) is 34.5. The van der Waals surface area contributed by atoms with Crippen LogP contribution in [-0.4, -0.2) is 142 Å². The minimum absolute atomic E-state index is 0.203. The Labute approximate surface area is 428 Å². The van der Waals surface area contributed by atoms with Crippen molar-refractivity contribution < 1.29 is 73.8 Å². The molecule has 0 amide bonds. The first kappa shape index (κ1) is 65.1. The zero-order valence-corrected chi connectivity index (χ0v) is 44.2. The average molecular weight is 1020 g/mol. The van der Waals surface area contributed by atoms with Crippen LogP contribution in [0, 0.1) is 0 Å². The molecular weight excluding hydrogens is 913 g/mol. The quantitative estimate of drug-likeness (QED) is 0.0131. The van der Waals surface area contributed by atoms with Gasteiger partial charge in [-0.1, -0.05) is 218 Å². The summed E-state index contributed by atoms with van der Waals surface area (Å²) in [6.45, 7) is 2.52. The van der Waals surface area contributed by atoms with Gasteiger partial charge < -0.3 is 64.2 Å². The molecule has 0 aromatic heterocycles. The van der Waals surface area contributed by atoms with Gasteiger partial charge in [-0.05, 0) is 19.3 Å². The van der Waals surface area contributed by atoms with E-state index in [1.165, 1.54) is 167 Å². The maximum absolute atomic E-state index is 12.9. The fourth-order valence-electron chi connectivity index (χ4n) is 9.13. The molecule has 2 saturated heterocycles. The van der Waals surface area contributed by atoms with Gasteiger partial charge in [0.25, 0.3) is 0 Å². The van der Waals surface area contributed by atoms with Crippen LogP contribution in [-0.2, 0) is 38.0 Å². The number of hydrogen-bond donors (Lipinski definition) is 7. The number of ether oxygens (including phenoxy) is 6. The molecule has 0 aromatic carbocycles. The highest BCUT2D eigenvalue weighted by atomic mass is 16.7. The summed E-state index contributed by atoms with van der Waals surface area (Å²) in [7, 11) is 0. The summed E-state index contributed by atoms with van der Waals surface area (Å²) in [6.07, 6.45) is 29.8. The molecule has 2 heterocycles. The summed E-state index contributed by atoms with van der Waals surface area (Å²) in [4.78, 5) is 25.7. The first-order valence-electron chi connectivity index (χ1n) is 28.5. The van der Waals surface area contributed by atoms with Crippen molar-refractivity contribution in [1.29, 1.82) is 0 Å². The van der Waals surface area contributed by atoms with Crippen LogP contribution in [0.2, 0.25) is 0 Å². The van der Waals surface area contributed by atoms with E-state index >= 15 is 0 Å². The van der Waals surface area contributed by atoms with E-state index in [-0.39, 0.29) is 13.0 Å². The highest BCUT2D eigenvalue weighted by Crippen LogP contribution is 2.27. The minimum atomic E-state index is -1.78. The predicted octanol–water partition coefficient (Wildman–Crippen LogP) is 9.11. The topological polar surface area (TPSA) is 231 Å². The van der Waals surface area contributed by atoms with Gasteiger partial charge in [-0.3, -0.25) is 4.79 Å². The Morgan fingerprint density at radius 3 is 1.35 bits per heavy atom. The summed E-state index contributed by atoms with van der Waals surface area (Å²) < 4.78 is 33.5. The summed E-state index contributed by atoms with van der Waals surface area (Å²) in [5, 5.41) is 72.2. The first-order valence-corrected chi connectivity index (χ1v) is 28.5. The number of aliphatic hydroxyl groups excluding tert-OH is 7. The Hall–Kier alpha value is -2.02. The zero-order valence-electron chi connectivity index (χ0n) is 44.2. The Kier molecular flexibility index (Phi) is 39.6. The second-order valence-electron chi connectivity index (χ2n) is 20.2. The molecule has 416 valence electrons. The molecule has 0 radical (unpaired) electrons. The monoisotopic (exact) mass is 1010 g/mol. The fraction of sp³-hybridized carbons (Fsp3) is 0.893. The van der Waals surface area contributed by atoms with Crippen LogP contribution in [0.5, 0.6) is 0 Å². The van der Waals surface area contributed by atoms with Gasteiger partial charge >= 0.3 is 11.9 Å². The van der Waals surface area contributed by atoms with E-state index in [0.29, 0.717) is 6.42 Å². The minimum Gasteiger partial charge on any atom is -0.462 e. The highest BCUT2D eigenvalue weighted by molar-refractivity contribution is 5.82. The molecule has 2 fully saturated rings. The Bertz CT molecular complexity index is 1330. The van der Waals surface area contributed by atoms with E-state index in [4.69, 9.17) is 28.4 Å². The maximum Gasteiger partial charge on any atom is 0.331 e. The molecule has 15 nitrogen and oxygen atoms in total. The van der Waals surface area contributed by atoms with Gasteiger partial charge in [-0.2, -0.15) is 0 Å². The van der Waals surface area contributed by atoms with Gasteiger partial charge in [0, 0.05) is 12.5 Å². The molecule has 0 aliphatic carbocycles. The van der Waals surface area contributed by atoms with Crippen LogP contribution in [0.25, 0.3) is 0 Å². The zero-order chi connectivity index (χ0) is 51.7. The van der Waals surface area contributed by atoms with Gasteiger partial charge in [0.2, 0.25) is 0 Å². The second-order valence-corrected chi connectivity index (χ2v) is 20.2. The van der Waals surface area contributed by atoms with Crippen molar-refractivity contribution in [3.63, 3.8) is 0 Å². The lowest BCUT2D eigenvalue weighted by atomic mass is 9.98. The van der Waals surface area contributed by atoms with Crippen molar-refractivity contribution in [3.8, 4) is 0 Å². The Morgan fingerprint density at radius 1 is 0.479 bits per heavy atom. The van der Waals surface area contributed by atoms with E-state index in [1.54, 1.807) is 12.2 Å². The van der Waals surface area contributed by atoms with Crippen molar-refractivity contribution in [2.75, 3.05) is 26.4 Å². The van der Waals surface area contributed by atoms with Gasteiger partial charge in [0.15, 0.2) is 18.7 Å². The molecule has 15 heteroatoms. The van der Waals surface area contributed by atoms with Crippen LogP contribution in [0.3, 0.4) is 0 Å². The van der Waals surface area contributed by atoms with Crippen LogP contribution in [0.15, 0.2) is 24.3 Å². The summed E-state index contributed by atoms with van der Waals surface area (Å²) in [5.74, 6) is -1.17. The van der Waals surface area contributed by atoms with Crippen molar-refractivity contribution in [2.24, 2.45) is 0 Å². The molecule has 0 saturated carbocycles. The van der Waals surface area contributed by atoms with Gasteiger partial charge in [-0.25, -0.2) is 4.79 Å². The Balaban J connectivity index is 1.77. The maximum atomic E-state index is 12.9. The summed E-state index contributed by atoms with van der Waals surface area (Å²) in [6, 6.07) is 0. The largest absolute Gasteiger partial charge is 0.462 e. The van der Waals surface area contributed by atoms with E-state index in [1.807, 2.05) is 6.08 Å². The second kappa shape index (κ2) is 43.2. The molecule has 2 rings (SSSR count). The molecule has 2 aliphatic rings. The van der Waals surface area contributed by atoms with Crippen LogP contribution < -0.4 is 0 Å². The molecule has 0 spiro atoms. The SMILES string of the molecule is CCCCCCCCCCCCC/C=C/C=C/C(=O)O[C@@H](COC(=O)CCCCCCCCCCCCCCCCCCCCCC)CO[C@@H]1O[C@H](CO[C@@H]2O[C@H](CO)[C@H](O)C(O)C2O)[C@H](O)C(O)C1O. The molecule has 7 N–H and O–H groups in total. The normalized spacial score (nSPS) is 25.3. The van der Waals surface area contributed by atoms with Crippen molar-refractivity contribution >= 4 is 11.9 Å². The van der Waals surface area contributed by atoms with E-state index in [9.17, 15) is 45.3 Å². The third-order valence-electron chi connectivity index (χ3n) is 13.8. The number of carbonyl (C=O) groups excluding carboxylic acids is 2. The van der Waals surface area contributed by atoms with E-state index in [0.717, 1.165) is 38.5 Å². The third-order valence-corrected chi connectivity index (χ3v) is 13.8. The lowest BCUT2D eigenvalue weighted by Gasteiger charge is -2.42. The number of hydrogen-bond acceptors (Lipinski definition) is 15. The predicted molar refractivity (Wildman–Crippen MR) is 275 cm³/mol. The lowest BCUT2D eigenvalue weighted by molar-refractivity contribution is -0.332. The molecule has 0 bridgehead atoms. The van der Waals surface area contributed by atoms with Crippen LogP contribution >= 0.6 is 0 Å². The average Bonchev–Trinajstić information content (AvgIpc) is 3.36. The standard InChI is InChI=1S/C56H102O15/c1-3-5-7-9-11-13-15-17-19-20-21-22-23-25-26-28-30-32-34-36-38-47(58)66-41-44(69-48(59)39-37-35-33-31-29-27-24-18-16-14-12-10-8-6-4-2)42-67-55-54(65)52(63)50(61)46(71-55)43-68-56-53(64)51(62)49(60)45(40-57)70-56/h33,35,37,39,44-46,49-57,60-65H,3-32,34,36,38,40-43H2,1-2H3/b35-33+,39-37+/t44-,45+,46+,49-,50-,51?,52?,53?,54?,55+,56+/m0/s1. The molecular formula is C56H102O15. The van der Waals surface area contributed by atoms with Crippen LogP contribution in [0.4, 0.5) is 0 Å². The lowest BCUT2D eigenvalue weighted by Crippen LogP contribution is -2.61. The Morgan fingerprint density at radius 2 is 0.887 bits per heavy atom.